The average molecular weight is 327 g/mol. The van der Waals surface area contributed by atoms with Crippen LogP contribution in [0.25, 0.3) is 0 Å². The molecule has 0 aromatic rings. The van der Waals surface area contributed by atoms with E-state index < -0.39 is 8.32 Å². The van der Waals surface area contributed by atoms with Crippen LogP contribution in [-0.4, -0.2) is 14.4 Å². The van der Waals surface area contributed by atoms with E-state index in [1.165, 1.54) is 102 Å². The van der Waals surface area contributed by atoms with Crippen LogP contribution in [0.2, 0.25) is 18.6 Å². The van der Waals surface area contributed by atoms with E-state index in [1.807, 2.05) is 0 Å². The van der Waals surface area contributed by atoms with E-state index in [-0.39, 0.29) is 0 Å². The van der Waals surface area contributed by atoms with Crippen LogP contribution in [0, 0.1) is 0 Å². The van der Waals surface area contributed by atoms with Gasteiger partial charge in [0, 0.05) is 6.10 Å². The maximum Gasteiger partial charge on any atom is 0.190 e. The van der Waals surface area contributed by atoms with Crippen molar-refractivity contribution in [3.8, 4) is 0 Å². The molecule has 0 aromatic heterocycles. The third-order valence-electron chi connectivity index (χ3n) is 5.45. The van der Waals surface area contributed by atoms with Gasteiger partial charge in [-0.25, -0.2) is 0 Å². The van der Waals surface area contributed by atoms with Crippen LogP contribution >= 0.6 is 0 Å². The van der Waals surface area contributed by atoms with Crippen molar-refractivity contribution in [2.75, 3.05) is 0 Å². The topological polar surface area (TPSA) is 9.23 Å². The monoisotopic (exact) mass is 326 g/mol. The highest BCUT2D eigenvalue weighted by Crippen LogP contribution is 2.31. The molecule has 1 unspecified atom stereocenters. The summed E-state index contributed by atoms with van der Waals surface area (Å²) >= 11 is 0. The van der Waals surface area contributed by atoms with Gasteiger partial charge in [-0.3, -0.25) is 0 Å². The molecule has 1 aliphatic heterocycles. The number of hydrogen-bond acceptors (Lipinski definition) is 1. The molecule has 0 aromatic carbocycles. The van der Waals surface area contributed by atoms with E-state index in [4.69, 9.17) is 4.43 Å². The average Bonchev–Trinajstić information content (AvgIpc) is 2.52. The summed E-state index contributed by atoms with van der Waals surface area (Å²) in [5.41, 5.74) is 0. The van der Waals surface area contributed by atoms with Gasteiger partial charge in [-0.1, -0.05) is 90.9 Å². The fourth-order valence-corrected chi connectivity index (χ4v) is 7.42. The van der Waals surface area contributed by atoms with Crippen LogP contribution in [-0.2, 0) is 4.43 Å². The molecular formula is C20H42OSi. The fraction of sp³-hybridized carbons (Fsp3) is 1.00. The molecule has 0 radical (unpaired) electrons. The Morgan fingerprint density at radius 1 is 0.773 bits per heavy atom. The van der Waals surface area contributed by atoms with E-state index in [9.17, 15) is 0 Å². The second-order valence-corrected chi connectivity index (χ2v) is 11.9. The summed E-state index contributed by atoms with van der Waals surface area (Å²) in [7, 11) is -1.31. The number of unbranched alkanes of at least 4 members (excludes halogenated alkanes) is 8. The van der Waals surface area contributed by atoms with Gasteiger partial charge in [-0.2, -0.15) is 0 Å². The molecule has 0 N–H and O–H groups in total. The van der Waals surface area contributed by atoms with E-state index in [0.717, 1.165) is 0 Å². The molecule has 2 heteroatoms. The third-order valence-corrected chi connectivity index (χ3v) is 9.17. The largest absolute Gasteiger partial charge is 0.414 e. The van der Waals surface area contributed by atoms with Crippen molar-refractivity contribution < 1.29 is 4.43 Å². The smallest absolute Gasteiger partial charge is 0.190 e. The van der Waals surface area contributed by atoms with Gasteiger partial charge in [0.15, 0.2) is 8.32 Å². The molecule has 132 valence electrons. The van der Waals surface area contributed by atoms with E-state index >= 15 is 0 Å². The standard InChI is InChI=1S/C20H42OSi/c1-4-6-7-8-9-10-11-12-14-17-20(5-2)21-22(3)18-15-13-16-19-22/h20H,4-19H2,1-3H3. The van der Waals surface area contributed by atoms with Crippen LogP contribution in [0.15, 0.2) is 0 Å². The van der Waals surface area contributed by atoms with Crippen LogP contribution in [0.5, 0.6) is 0 Å². The van der Waals surface area contributed by atoms with Gasteiger partial charge < -0.3 is 4.43 Å². The van der Waals surface area contributed by atoms with E-state index in [0.29, 0.717) is 6.10 Å². The zero-order chi connectivity index (χ0) is 16.1. The number of rotatable bonds is 13. The van der Waals surface area contributed by atoms with E-state index in [1.54, 1.807) is 0 Å². The lowest BCUT2D eigenvalue weighted by atomic mass is 10.0. The zero-order valence-electron chi connectivity index (χ0n) is 15.8. The molecule has 1 saturated heterocycles. The molecule has 1 atom stereocenters. The summed E-state index contributed by atoms with van der Waals surface area (Å²) in [6, 6.07) is 2.84. The van der Waals surface area contributed by atoms with Gasteiger partial charge in [0.1, 0.15) is 0 Å². The lowest BCUT2D eigenvalue weighted by Crippen LogP contribution is -2.40. The van der Waals surface area contributed by atoms with Gasteiger partial charge in [-0.05, 0) is 31.5 Å². The van der Waals surface area contributed by atoms with Gasteiger partial charge in [-0.15, -0.1) is 0 Å². The van der Waals surface area contributed by atoms with Crippen molar-refractivity contribution in [3.05, 3.63) is 0 Å². The predicted molar refractivity (Wildman–Crippen MR) is 102 cm³/mol. The molecule has 0 saturated carbocycles. The minimum Gasteiger partial charge on any atom is -0.414 e. The Bertz CT molecular complexity index is 248. The Morgan fingerprint density at radius 3 is 1.86 bits per heavy atom. The van der Waals surface area contributed by atoms with Crippen LogP contribution in [0.4, 0.5) is 0 Å². The molecule has 22 heavy (non-hydrogen) atoms. The zero-order valence-corrected chi connectivity index (χ0v) is 16.8. The Labute approximate surface area is 141 Å². The first-order chi connectivity index (χ1) is 10.7. The molecule has 0 spiro atoms. The molecule has 0 amide bonds. The van der Waals surface area contributed by atoms with Crippen LogP contribution in [0.1, 0.15) is 104 Å². The van der Waals surface area contributed by atoms with E-state index in [2.05, 4.69) is 20.4 Å². The maximum absolute atomic E-state index is 6.64. The lowest BCUT2D eigenvalue weighted by molar-refractivity contribution is 0.166. The Hall–Kier alpha value is 0.177. The maximum atomic E-state index is 6.64. The van der Waals surface area contributed by atoms with Crippen LogP contribution in [0.3, 0.4) is 0 Å². The van der Waals surface area contributed by atoms with Crippen molar-refractivity contribution in [2.24, 2.45) is 0 Å². The lowest BCUT2D eigenvalue weighted by Gasteiger charge is -2.35. The Morgan fingerprint density at radius 2 is 1.32 bits per heavy atom. The highest BCUT2D eigenvalue weighted by molar-refractivity contribution is 6.72. The highest BCUT2D eigenvalue weighted by atomic mass is 28.4. The van der Waals surface area contributed by atoms with Gasteiger partial charge in [0.2, 0.25) is 0 Å². The van der Waals surface area contributed by atoms with Gasteiger partial charge >= 0.3 is 0 Å². The van der Waals surface area contributed by atoms with Crippen molar-refractivity contribution in [1.82, 2.24) is 0 Å². The second-order valence-electron chi connectivity index (χ2n) is 7.78. The fourth-order valence-electron chi connectivity index (χ4n) is 3.85. The predicted octanol–water partition coefficient (Wildman–Crippen LogP) is 7.46. The highest BCUT2D eigenvalue weighted by Gasteiger charge is 2.33. The molecule has 1 fully saturated rings. The molecule has 1 rings (SSSR count). The Balaban J connectivity index is 2.01. The SMILES string of the molecule is CCCCCCCCCCCC(CC)O[Si]1(C)CCCCC1. The van der Waals surface area contributed by atoms with Crippen molar-refractivity contribution in [1.29, 1.82) is 0 Å². The molecule has 0 aliphatic carbocycles. The molecule has 0 bridgehead atoms. The van der Waals surface area contributed by atoms with Crippen molar-refractivity contribution in [2.45, 2.75) is 128 Å². The molecular weight excluding hydrogens is 284 g/mol. The van der Waals surface area contributed by atoms with Crippen molar-refractivity contribution >= 4 is 8.32 Å². The third kappa shape index (κ3) is 9.35. The summed E-state index contributed by atoms with van der Waals surface area (Å²) in [4.78, 5) is 0. The summed E-state index contributed by atoms with van der Waals surface area (Å²) in [6.45, 7) is 7.10. The van der Waals surface area contributed by atoms with Crippen molar-refractivity contribution in [3.63, 3.8) is 0 Å². The first kappa shape index (κ1) is 20.2. The number of hydrogen-bond donors (Lipinski definition) is 0. The first-order valence-corrected chi connectivity index (χ1v) is 13.2. The summed E-state index contributed by atoms with van der Waals surface area (Å²) in [5.74, 6) is 0. The second kappa shape index (κ2) is 12.6. The summed E-state index contributed by atoms with van der Waals surface area (Å²) < 4.78 is 6.64. The van der Waals surface area contributed by atoms with Gasteiger partial charge in [0.25, 0.3) is 0 Å². The Kier molecular flexibility index (Phi) is 11.6. The molecule has 1 nitrogen and oxygen atoms in total. The molecule has 1 heterocycles. The summed E-state index contributed by atoms with van der Waals surface area (Å²) in [5, 5.41) is 0. The summed E-state index contributed by atoms with van der Waals surface area (Å²) in [6.07, 6.45) is 20.3. The molecule has 1 aliphatic rings. The first-order valence-electron chi connectivity index (χ1n) is 10.4. The quantitative estimate of drug-likeness (QED) is 0.252. The minimum atomic E-state index is -1.31. The normalized spacial score (nSPS) is 19.2. The van der Waals surface area contributed by atoms with Crippen LogP contribution < -0.4 is 0 Å². The minimum absolute atomic E-state index is 0.569. The van der Waals surface area contributed by atoms with Gasteiger partial charge in [0.05, 0.1) is 0 Å².